The second-order valence-electron chi connectivity index (χ2n) is 6.02. The van der Waals surface area contributed by atoms with Crippen LogP contribution in [0.5, 0.6) is 0 Å². The smallest absolute Gasteiger partial charge is 0.227 e. The predicted octanol–water partition coefficient (Wildman–Crippen LogP) is 1.24. The maximum absolute atomic E-state index is 12.4. The molecule has 1 saturated carbocycles. The van der Waals surface area contributed by atoms with Gasteiger partial charge in [-0.25, -0.2) is 0 Å². The summed E-state index contributed by atoms with van der Waals surface area (Å²) in [7, 11) is 0. The molecule has 3 rings (SSSR count). The summed E-state index contributed by atoms with van der Waals surface area (Å²) in [6, 6.07) is 0.592. The van der Waals surface area contributed by atoms with E-state index in [2.05, 4.69) is 17.1 Å². The third-order valence-corrected chi connectivity index (χ3v) is 4.61. The molecule has 16 heavy (non-hydrogen) atoms. The number of likely N-dealkylation sites (tertiary alicyclic amines) is 1. The average molecular weight is 222 g/mol. The second-order valence-corrected chi connectivity index (χ2v) is 6.02. The largest absolute Gasteiger partial charge is 0.339 e. The van der Waals surface area contributed by atoms with E-state index < -0.39 is 0 Å². The molecule has 0 aromatic carbocycles. The predicted molar refractivity (Wildman–Crippen MR) is 63.0 cm³/mol. The maximum Gasteiger partial charge on any atom is 0.227 e. The zero-order valence-electron chi connectivity index (χ0n) is 10.1. The molecule has 2 heterocycles. The molecule has 3 aliphatic rings. The Morgan fingerprint density at radius 3 is 2.75 bits per heavy atom. The van der Waals surface area contributed by atoms with E-state index in [4.69, 9.17) is 0 Å². The minimum atomic E-state index is 0.253. The van der Waals surface area contributed by atoms with Gasteiger partial charge in [-0.1, -0.05) is 6.92 Å². The van der Waals surface area contributed by atoms with Crippen LogP contribution in [0.3, 0.4) is 0 Å². The Morgan fingerprint density at radius 2 is 2.12 bits per heavy atom. The second kappa shape index (κ2) is 4.02. The van der Waals surface area contributed by atoms with Gasteiger partial charge < -0.3 is 10.2 Å². The fraction of sp³-hybridized carbons (Fsp3) is 0.923. The highest BCUT2D eigenvalue weighted by Gasteiger charge is 2.42. The van der Waals surface area contributed by atoms with Gasteiger partial charge in [-0.05, 0) is 44.1 Å². The number of hydrogen-bond donors (Lipinski definition) is 1. The van der Waals surface area contributed by atoms with Crippen LogP contribution < -0.4 is 5.32 Å². The van der Waals surface area contributed by atoms with Gasteiger partial charge in [0, 0.05) is 19.1 Å². The number of fused-ring (bicyclic) bond motifs is 2. The first kappa shape index (κ1) is 10.6. The molecule has 90 valence electrons. The Bertz CT molecular complexity index is 292. The molecule has 2 aliphatic heterocycles. The van der Waals surface area contributed by atoms with E-state index in [9.17, 15) is 4.79 Å². The van der Waals surface area contributed by atoms with Crippen LogP contribution in [-0.4, -0.2) is 36.5 Å². The molecule has 0 aromatic heterocycles. The van der Waals surface area contributed by atoms with Crippen molar-refractivity contribution in [1.82, 2.24) is 10.2 Å². The topological polar surface area (TPSA) is 32.3 Å². The molecule has 4 atom stereocenters. The summed E-state index contributed by atoms with van der Waals surface area (Å²) in [6.45, 7) is 5.27. The van der Waals surface area contributed by atoms with Crippen molar-refractivity contribution < 1.29 is 4.79 Å². The molecule has 1 aliphatic carbocycles. The fourth-order valence-corrected chi connectivity index (χ4v) is 3.77. The van der Waals surface area contributed by atoms with Gasteiger partial charge in [0.05, 0.1) is 5.92 Å². The summed E-state index contributed by atoms with van der Waals surface area (Å²) in [5, 5.41) is 3.39. The number of piperidine rings is 2. The minimum Gasteiger partial charge on any atom is -0.339 e. The van der Waals surface area contributed by atoms with Crippen molar-refractivity contribution in [3.63, 3.8) is 0 Å². The van der Waals surface area contributed by atoms with Crippen LogP contribution in [0.25, 0.3) is 0 Å². The summed E-state index contributed by atoms with van der Waals surface area (Å²) in [4.78, 5) is 14.6. The average Bonchev–Trinajstić information content (AvgIpc) is 2.89. The first-order valence-corrected chi connectivity index (χ1v) is 6.75. The molecule has 1 amide bonds. The van der Waals surface area contributed by atoms with Crippen molar-refractivity contribution in [1.29, 1.82) is 0 Å². The van der Waals surface area contributed by atoms with E-state index in [0.717, 1.165) is 32.0 Å². The summed E-state index contributed by atoms with van der Waals surface area (Å²) in [5.74, 6) is 2.17. The fourth-order valence-electron chi connectivity index (χ4n) is 3.77. The Kier molecular flexibility index (Phi) is 2.66. The molecule has 1 N–H and O–H groups in total. The zero-order chi connectivity index (χ0) is 11.1. The van der Waals surface area contributed by atoms with Crippen LogP contribution in [0.4, 0.5) is 0 Å². The minimum absolute atomic E-state index is 0.253. The number of rotatable bonds is 1. The monoisotopic (exact) mass is 222 g/mol. The third-order valence-electron chi connectivity index (χ3n) is 4.61. The number of carbonyl (C=O) groups is 1. The lowest BCUT2D eigenvalue weighted by atomic mass is 9.90. The lowest BCUT2D eigenvalue weighted by Crippen LogP contribution is -2.47. The van der Waals surface area contributed by atoms with E-state index in [1.54, 1.807) is 0 Å². The number of hydrogen-bond acceptors (Lipinski definition) is 2. The molecular weight excluding hydrogens is 200 g/mol. The maximum atomic E-state index is 12.4. The lowest BCUT2D eigenvalue weighted by molar-refractivity contribution is -0.138. The zero-order valence-corrected chi connectivity index (χ0v) is 10.1. The van der Waals surface area contributed by atoms with E-state index in [0.29, 0.717) is 17.9 Å². The molecule has 3 heteroatoms. The normalized spacial score (nSPS) is 42.7. The van der Waals surface area contributed by atoms with Crippen LogP contribution in [0, 0.1) is 17.8 Å². The summed E-state index contributed by atoms with van der Waals surface area (Å²) in [6.07, 6.45) is 4.97. The van der Waals surface area contributed by atoms with E-state index >= 15 is 0 Å². The molecule has 0 spiro atoms. The van der Waals surface area contributed by atoms with Crippen molar-refractivity contribution in [3.8, 4) is 0 Å². The summed E-state index contributed by atoms with van der Waals surface area (Å²) < 4.78 is 0. The van der Waals surface area contributed by atoms with Crippen LogP contribution in [0.1, 0.15) is 32.6 Å². The number of nitrogens with zero attached hydrogens (tertiary/aromatic N) is 1. The molecule has 3 fully saturated rings. The van der Waals surface area contributed by atoms with Crippen molar-refractivity contribution in [3.05, 3.63) is 0 Å². The van der Waals surface area contributed by atoms with Gasteiger partial charge in [0.25, 0.3) is 0 Å². The van der Waals surface area contributed by atoms with Gasteiger partial charge in [0.15, 0.2) is 0 Å². The van der Waals surface area contributed by atoms with Crippen molar-refractivity contribution in [2.75, 3.05) is 19.6 Å². The molecule has 2 bridgehead atoms. The van der Waals surface area contributed by atoms with Gasteiger partial charge in [0.1, 0.15) is 0 Å². The van der Waals surface area contributed by atoms with Crippen LogP contribution in [-0.2, 0) is 4.79 Å². The molecule has 0 radical (unpaired) electrons. The molecule has 2 saturated heterocycles. The first-order valence-electron chi connectivity index (χ1n) is 6.75. The van der Waals surface area contributed by atoms with Crippen LogP contribution >= 0.6 is 0 Å². The highest BCUT2D eigenvalue weighted by molar-refractivity contribution is 5.80. The molecule has 4 unspecified atom stereocenters. The third kappa shape index (κ3) is 1.75. The van der Waals surface area contributed by atoms with Gasteiger partial charge in [-0.3, -0.25) is 4.79 Å². The highest BCUT2D eigenvalue weighted by Crippen LogP contribution is 2.38. The molecular formula is C13H22N2O. The van der Waals surface area contributed by atoms with Gasteiger partial charge >= 0.3 is 0 Å². The summed E-state index contributed by atoms with van der Waals surface area (Å²) in [5.41, 5.74) is 0. The number of amides is 1. The number of carbonyl (C=O) groups excluding carboxylic acids is 1. The Hall–Kier alpha value is -0.570. The van der Waals surface area contributed by atoms with Crippen LogP contribution in [0.2, 0.25) is 0 Å². The molecule has 0 aromatic rings. The number of nitrogens with one attached hydrogen (secondary N) is 1. The van der Waals surface area contributed by atoms with E-state index in [1.165, 1.54) is 19.3 Å². The Morgan fingerprint density at radius 1 is 1.25 bits per heavy atom. The Balaban J connectivity index is 1.64. The van der Waals surface area contributed by atoms with Gasteiger partial charge in [-0.15, -0.1) is 0 Å². The Labute approximate surface area is 97.6 Å². The quantitative estimate of drug-likeness (QED) is 0.724. The van der Waals surface area contributed by atoms with Gasteiger partial charge in [0.2, 0.25) is 5.91 Å². The highest BCUT2D eigenvalue weighted by atomic mass is 16.2. The standard InChI is InChI=1S/C13H22N2O/c1-9-4-11(7-14-6-9)13(16)15-8-10-2-3-12(15)5-10/h9-12,14H,2-8H2,1H3. The lowest BCUT2D eigenvalue weighted by Gasteiger charge is -2.34. The van der Waals surface area contributed by atoms with Crippen molar-refractivity contribution in [2.24, 2.45) is 17.8 Å². The van der Waals surface area contributed by atoms with E-state index in [1.807, 2.05) is 0 Å². The van der Waals surface area contributed by atoms with Crippen LogP contribution in [0.15, 0.2) is 0 Å². The van der Waals surface area contributed by atoms with Gasteiger partial charge in [-0.2, -0.15) is 0 Å². The van der Waals surface area contributed by atoms with Crippen molar-refractivity contribution >= 4 is 5.91 Å². The first-order chi connectivity index (χ1) is 7.74. The molecule has 3 nitrogen and oxygen atoms in total. The summed E-state index contributed by atoms with van der Waals surface area (Å²) >= 11 is 0. The van der Waals surface area contributed by atoms with E-state index in [-0.39, 0.29) is 5.92 Å². The van der Waals surface area contributed by atoms with Crippen molar-refractivity contribution in [2.45, 2.75) is 38.6 Å². The SMILES string of the molecule is CC1CNCC(C(=O)N2CC3CCC2C3)C1.